The number of hydrogen-bond acceptors (Lipinski definition) is 1. The Kier molecular flexibility index (Phi) is 3.38. The lowest BCUT2D eigenvalue weighted by Crippen LogP contribution is -3.11. The third-order valence-corrected chi connectivity index (χ3v) is 3.03. The Hall–Kier alpha value is -0.600. The maximum atomic E-state index is 5.74. The van der Waals surface area contributed by atoms with Crippen molar-refractivity contribution in [1.29, 1.82) is 0 Å². The molecule has 0 spiro atoms. The molecule has 1 aromatic rings. The van der Waals surface area contributed by atoms with Crippen LogP contribution in [0, 0.1) is 0 Å². The van der Waals surface area contributed by atoms with Gasteiger partial charge in [0.05, 0.1) is 13.1 Å². The zero-order valence-electron chi connectivity index (χ0n) is 8.30. The van der Waals surface area contributed by atoms with Crippen LogP contribution in [0.5, 0.6) is 0 Å². The molecule has 14 heavy (non-hydrogen) atoms. The van der Waals surface area contributed by atoms with Gasteiger partial charge in [-0.3, -0.25) is 0 Å². The van der Waals surface area contributed by atoms with Crippen molar-refractivity contribution in [3.63, 3.8) is 0 Å². The number of likely N-dealkylation sites (tertiary alicyclic amines) is 1. The molecule has 1 N–H and O–H groups in total. The summed E-state index contributed by atoms with van der Waals surface area (Å²) in [4.78, 5) is 5.78. The van der Waals surface area contributed by atoms with Crippen molar-refractivity contribution in [3.8, 4) is 0 Å². The zero-order valence-corrected chi connectivity index (χ0v) is 9.06. The van der Waals surface area contributed by atoms with E-state index in [0.717, 1.165) is 6.54 Å². The summed E-state index contributed by atoms with van der Waals surface area (Å²) in [6, 6.07) is 3.96. The molecule has 0 aromatic carbocycles. The van der Waals surface area contributed by atoms with Gasteiger partial charge in [-0.1, -0.05) is 11.6 Å². The first-order valence-electron chi connectivity index (χ1n) is 5.28. The van der Waals surface area contributed by atoms with Crippen molar-refractivity contribution in [2.45, 2.75) is 25.8 Å². The van der Waals surface area contributed by atoms with Crippen molar-refractivity contribution >= 4 is 11.6 Å². The van der Waals surface area contributed by atoms with Crippen LogP contribution in [-0.2, 0) is 6.54 Å². The Balaban J connectivity index is 1.92. The van der Waals surface area contributed by atoms with Crippen LogP contribution in [0.3, 0.4) is 0 Å². The van der Waals surface area contributed by atoms with Gasteiger partial charge in [0.2, 0.25) is 0 Å². The molecular weight excluding hydrogens is 196 g/mol. The van der Waals surface area contributed by atoms with Gasteiger partial charge in [-0.25, -0.2) is 4.98 Å². The largest absolute Gasteiger partial charge is 0.331 e. The first-order chi connectivity index (χ1) is 6.84. The van der Waals surface area contributed by atoms with Crippen LogP contribution >= 0.6 is 11.6 Å². The smallest absolute Gasteiger partial charge is 0.129 e. The monoisotopic (exact) mass is 211 g/mol. The van der Waals surface area contributed by atoms with E-state index in [9.17, 15) is 0 Å². The fourth-order valence-corrected chi connectivity index (χ4v) is 2.14. The third kappa shape index (κ3) is 2.69. The maximum Gasteiger partial charge on any atom is 0.129 e. The van der Waals surface area contributed by atoms with E-state index in [-0.39, 0.29) is 0 Å². The Labute approximate surface area is 89.9 Å². The second-order valence-corrected chi connectivity index (χ2v) is 4.36. The molecule has 1 saturated heterocycles. The molecule has 1 aromatic heterocycles. The van der Waals surface area contributed by atoms with Gasteiger partial charge in [-0.15, -0.1) is 0 Å². The fraction of sp³-hybridized carbons (Fsp3) is 0.545. The summed E-state index contributed by atoms with van der Waals surface area (Å²) in [5, 5.41) is 0.586. The Bertz CT molecular complexity index is 278. The van der Waals surface area contributed by atoms with E-state index in [1.54, 1.807) is 4.90 Å². The lowest BCUT2D eigenvalue weighted by atomic mass is 10.1. The predicted octanol–water partition coefficient (Wildman–Crippen LogP) is 1.30. The summed E-state index contributed by atoms with van der Waals surface area (Å²) in [5.41, 5.74) is 1.30. The van der Waals surface area contributed by atoms with Crippen LogP contribution in [-0.4, -0.2) is 18.1 Å². The van der Waals surface area contributed by atoms with Gasteiger partial charge in [0, 0.05) is 11.8 Å². The second-order valence-electron chi connectivity index (χ2n) is 3.98. The Morgan fingerprint density at radius 2 is 2.00 bits per heavy atom. The van der Waals surface area contributed by atoms with Crippen LogP contribution in [0.25, 0.3) is 0 Å². The molecule has 1 fully saturated rings. The number of quaternary nitrogens is 1. The maximum absolute atomic E-state index is 5.74. The topological polar surface area (TPSA) is 17.3 Å². The lowest BCUT2D eigenvalue weighted by molar-refractivity contribution is -0.918. The van der Waals surface area contributed by atoms with Gasteiger partial charge in [-0.05, 0) is 31.4 Å². The predicted molar refractivity (Wildman–Crippen MR) is 57.5 cm³/mol. The minimum Gasteiger partial charge on any atom is -0.331 e. The molecule has 2 rings (SSSR count). The number of piperidine rings is 1. The zero-order chi connectivity index (χ0) is 9.80. The summed E-state index contributed by atoms with van der Waals surface area (Å²) in [6.45, 7) is 3.72. The molecule has 2 heterocycles. The highest BCUT2D eigenvalue weighted by Crippen LogP contribution is 2.04. The van der Waals surface area contributed by atoms with Crippen LogP contribution in [0.15, 0.2) is 18.3 Å². The standard InChI is InChI=1S/C11H15ClN2/c12-11-5-4-10(8-13-11)9-14-6-2-1-3-7-14/h4-5,8H,1-3,6-7,9H2/p+1. The number of pyridine rings is 1. The molecule has 0 atom stereocenters. The third-order valence-electron chi connectivity index (χ3n) is 2.80. The quantitative estimate of drug-likeness (QED) is 0.731. The average molecular weight is 212 g/mol. The van der Waals surface area contributed by atoms with E-state index in [0.29, 0.717) is 5.15 Å². The number of halogens is 1. The summed E-state index contributed by atoms with van der Waals surface area (Å²) in [5.74, 6) is 0. The van der Waals surface area contributed by atoms with E-state index < -0.39 is 0 Å². The fourth-order valence-electron chi connectivity index (χ4n) is 2.03. The number of nitrogens with one attached hydrogen (secondary N) is 1. The van der Waals surface area contributed by atoms with Gasteiger partial charge in [0.1, 0.15) is 11.7 Å². The van der Waals surface area contributed by atoms with Crippen LogP contribution in [0.2, 0.25) is 5.15 Å². The summed E-state index contributed by atoms with van der Waals surface area (Å²) < 4.78 is 0. The SMILES string of the molecule is Clc1ccc(C[NH+]2CCCCC2)cn1. The first kappa shape index (κ1) is 9.94. The van der Waals surface area contributed by atoms with Crippen molar-refractivity contribution in [3.05, 3.63) is 29.0 Å². The molecule has 3 heteroatoms. The highest BCUT2D eigenvalue weighted by atomic mass is 35.5. The van der Waals surface area contributed by atoms with E-state index in [2.05, 4.69) is 11.1 Å². The molecule has 0 radical (unpaired) electrons. The van der Waals surface area contributed by atoms with Crippen molar-refractivity contribution in [1.82, 2.24) is 4.98 Å². The molecule has 0 saturated carbocycles. The minimum absolute atomic E-state index is 0.586. The Morgan fingerprint density at radius 3 is 2.64 bits per heavy atom. The van der Waals surface area contributed by atoms with Crippen LogP contribution < -0.4 is 4.90 Å². The van der Waals surface area contributed by atoms with E-state index >= 15 is 0 Å². The highest BCUT2D eigenvalue weighted by molar-refractivity contribution is 6.29. The van der Waals surface area contributed by atoms with Gasteiger partial charge >= 0.3 is 0 Å². The van der Waals surface area contributed by atoms with Gasteiger partial charge in [0.25, 0.3) is 0 Å². The molecule has 2 nitrogen and oxygen atoms in total. The Morgan fingerprint density at radius 1 is 1.21 bits per heavy atom. The molecule has 0 bridgehead atoms. The van der Waals surface area contributed by atoms with Gasteiger partial charge in [-0.2, -0.15) is 0 Å². The summed E-state index contributed by atoms with van der Waals surface area (Å²) >= 11 is 5.74. The molecule has 1 aliphatic rings. The van der Waals surface area contributed by atoms with Crippen molar-refractivity contribution < 1.29 is 4.90 Å². The summed E-state index contributed by atoms with van der Waals surface area (Å²) in [7, 11) is 0. The molecule has 0 unspecified atom stereocenters. The lowest BCUT2D eigenvalue weighted by Gasteiger charge is -2.23. The van der Waals surface area contributed by atoms with E-state index in [4.69, 9.17) is 11.6 Å². The average Bonchev–Trinajstić information content (AvgIpc) is 2.23. The second kappa shape index (κ2) is 4.76. The highest BCUT2D eigenvalue weighted by Gasteiger charge is 2.13. The van der Waals surface area contributed by atoms with Crippen LogP contribution in [0.1, 0.15) is 24.8 Å². The summed E-state index contributed by atoms with van der Waals surface area (Å²) in [6.07, 6.45) is 6.04. The molecule has 0 amide bonds. The minimum atomic E-state index is 0.586. The number of aromatic nitrogens is 1. The number of hydrogen-bond donors (Lipinski definition) is 1. The van der Waals surface area contributed by atoms with Gasteiger partial charge in [0.15, 0.2) is 0 Å². The molecule has 1 aliphatic heterocycles. The van der Waals surface area contributed by atoms with Gasteiger partial charge < -0.3 is 4.90 Å². The number of nitrogens with zero attached hydrogens (tertiary/aromatic N) is 1. The normalized spacial score (nSPS) is 18.4. The van der Waals surface area contributed by atoms with Crippen LogP contribution in [0.4, 0.5) is 0 Å². The van der Waals surface area contributed by atoms with Crippen molar-refractivity contribution in [2.75, 3.05) is 13.1 Å². The van der Waals surface area contributed by atoms with E-state index in [1.165, 1.54) is 37.9 Å². The van der Waals surface area contributed by atoms with Crippen molar-refractivity contribution in [2.24, 2.45) is 0 Å². The number of rotatable bonds is 2. The molecular formula is C11H16ClN2+. The molecule has 76 valence electrons. The first-order valence-corrected chi connectivity index (χ1v) is 5.66. The van der Waals surface area contributed by atoms with E-state index in [1.807, 2.05) is 12.3 Å². The molecule has 0 aliphatic carbocycles.